The van der Waals surface area contributed by atoms with Crippen molar-refractivity contribution in [1.82, 2.24) is 4.90 Å². The summed E-state index contributed by atoms with van der Waals surface area (Å²) in [5.41, 5.74) is 1.85. The van der Waals surface area contributed by atoms with E-state index >= 15 is 0 Å². The molecular formula is C24H27FN2O2. The molecule has 4 nitrogen and oxygen atoms in total. The van der Waals surface area contributed by atoms with Crippen LogP contribution in [-0.4, -0.2) is 35.8 Å². The van der Waals surface area contributed by atoms with E-state index in [1.807, 2.05) is 6.07 Å². The molecule has 2 heterocycles. The van der Waals surface area contributed by atoms with Crippen molar-refractivity contribution in [2.75, 3.05) is 18.0 Å². The number of halogens is 1. The van der Waals surface area contributed by atoms with Crippen LogP contribution in [0.1, 0.15) is 37.7 Å². The number of carbonyl (C=O) groups is 2. The summed E-state index contributed by atoms with van der Waals surface area (Å²) in [7, 11) is 0. The molecule has 5 heteroatoms. The number of carbonyl (C=O) groups excluding carboxylic acids is 2. The van der Waals surface area contributed by atoms with Crippen LogP contribution in [0, 0.1) is 11.7 Å². The third-order valence-corrected chi connectivity index (χ3v) is 6.22. The number of likely N-dealkylation sites (tertiary alicyclic amines) is 1. The topological polar surface area (TPSA) is 40.6 Å². The predicted molar refractivity (Wildman–Crippen MR) is 111 cm³/mol. The third kappa shape index (κ3) is 4.56. The van der Waals surface area contributed by atoms with Gasteiger partial charge in [-0.1, -0.05) is 36.8 Å². The Labute approximate surface area is 171 Å². The molecule has 1 atom stereocenters. The molecule has 2 aliphatic rings. The van der Waals surface area contributed by atoms with Crippen LogP contribution in [0.4, 0.5) is 10.1 Å². The predicted octanol–water partition coefficient (Wildman–Crippen LogP) is 4.19. The fourth-order valence-electron chi connectivity index (χ4n) is 4.56. The number of amides is 2. The van der Waals surface area contributed by atoms with E-state index in [9.17, 15) is 14.0 Å². The normalized spacial score (nSPS) is 21.1. The minimum atomic E-state index is -0.377. The molecule has 1 unspecified atom stereocenters. The molecule has 152 valence electrons. The third-order valence-electron chi connectivity index (χ3n) is 6.22. The zero-order chi connectivity index (χ0) is 20.2. The van der Waals surface area contributed by atoms with E-state index < -0.39 is 0 Å². The Balaban J connectivity index is 1.28. The highest BCUT2D eigenvalue weighted by Crippen LogP contribution is 2.30. The summed E-state index contributed by atoms with van der Waals surface area (Å²) < 4.78 is 13.2. The zero-order valence-corrected chi connectivity index (χ0v) is 16.6. The molecule has 4 rings (SSSR count). The minimum Gasteiger partial charge on any atom is -0.292 e. The lowest BCUT2D eigenvalue weighted by Gasteiger charge is -2.34. The summed E-state index contributed by atoms with van der Waals surface area (Å²) in [4.78, 5) is 28.7. The summed E-state index contributed by atoms with van der Waals surface area (Å²) >= 11 is 0. The molecule has 0 spiro atoms. The second-order valence-electron chi connectivity index (χ2n) is 8.12. The molecule has 0 saturated carbocycles. The van der Waals surface area contributed by atoms with Gasteiger partial charge in [0.15, 0.2) is 0 Å². The zero-order valence-electron chi connectivity index (χ0n) is 16.6. The Hall–Kier alpha value is -2.53. The van der Waals surface area contributed by atoms with E-state index in [0.717, 1.165) is 32.4 Å². The molecule has 0 N–H and O–H groups in total. The molecule has 0 bridgehead atoms. The first-order valence-electron chi connectivity index (χ1n) is 10.5. The van der Waals surface area contributed by atoms with Gasteiger partial charge in [0.25, 0.3) is 5.91 Å². The monoisotopic (exact) mass is 394 g/mol. The standard InChI is InChI=1S/C24H27FN2O2/c25-20-9-11-21(12-10-20)27-23(28)17-22(24(27)29)26-15-13-19(14-16-26)8-4-7-18-5-2-1-3-6-18/h1-3,5-6,9-12,19,22H,4,7-8,13-17H2. The number of benzene rings is 2. The fourth-order valence-corrected chi connectivity index (χ4v) is 4.56. The summed E-state index contributed by atoms with van der Waals surface area (Å²) in [5, 5.41) is 0. The van der Waals surface area contributed by atoms with Gasteiger partial charge in [0, 0.05) is 0 Å². The van der Waals surface area contributed by atoms with Crippen molar-refractivity contribution in [3.63, 3.8) is 0 Å². The van der Waals surface area contributed by atoms with Gasteiger partial charge in [-0.15, -0.1) is 0 Å². The molecule has 0 aromatic heterocycles. The fraction of sp³-hybridized carbons (Fsp3) is 0.417. The van der Waals surface area contributed by atoms with E-state index in [2.05, 4.69) is 29.2 Å². The number of imide groups is 1. The van der Waals surface area contributed by atoms with E-state index in [1.54, 1.807) is 0 Å². The molecule has 29 heavy (non-hydrogen) atoms. The number of aryl methyl sites for hydroxylation is 1. The highest BCUT2D eigenvalue weighted by Gasteiger charge is 2.43. The van der Waals surface area contributed by atoms with E-state index in [4.69, 9.17) is 0 Å². The van der Waals surface area contributed by atoms with Gasteiger partial charge in [-0.3, -0.25) is 14.5 Å². The van der Waals surface area contributed by atoms with Crippen LogP contribution in [0.25, 0.3) is 0 Å². The van der Waals surface area contributed by atoms with Crippen molar-refractivity contribution >= 4 is 17.5 Å². The summed E-state index contributed by atoms with van der Waals surface area (Å²) in [6, 6.07) is 15.7. The molecular weight excluding hydrogens is 367 g/mol. The van der Waals surface area contributed by atoms with Crippen molar-refractivity contribution < 1.29 is 14.0 Å². The Morgan fingerprint density at radius 1 is 0.931 bits per heavy atom. The van der Waals surface area contributed by atoms with E-state index in [-0.39, 0.29) is 30.1 Å². The first kappa shape index (κ1) is 19.8. The molecule has 2 aliphatic heterocycles. The Bertz CT molecular complexity index is 845. The largest absolute Gasteiger partial charge is 0.292 e. The van der Waals surface area contributed by atoms with Crippen molar-refractivity contribution in [3.8, 4) is 0 Å². The molecule has 0 aliphatic carbocycles. The van der Waals surface area contributed by atoms with Gasteiger partial charge in [-0.25, -0.2) is 9.29 Å². The molecule has 2 saturated heterocycles. The van der Waals surface area contributed by atoms with Gasteiger partial charge in [-0.05, 0) is 74.5 Å². The van der Waals surface area contributed by atoms with Crippen LogP contribution in [0.2, 0.25) is 0 Å². The average molecular weight is 394 g/mol. The maximum atomic E-state index is 13.2. The number of piperidine rings is 1. The number of hydrogen-bond donors (Lipinski definition) is 0. The molecule has 0 radical (unpaired) electrons. The molecule has 2 aromatic rings. The maximum absolute atomic E-state index is 13.2. The van der Waals surface area contributed by atoms with Crippen LogP contribution in [-0.2, 0) is 16.0 Å². The lowest BCUT2D eigenvalue weighted by Crippen LogP contribution is -2.46. The van der Waals surface area contributed by atoms with Crippen molar-refractivity contribution in [1.29, 1.82) is 0 Å². The second kappa shape index (κ2) is 8.87. The van der Waals surface area contributed by atoms with E-state index in [0.29, 0.717) is 11.6 Å². The first-order chi connectivity index (χ1) is 14.1. The average Bonchev–Trinajstić information content (AvgIpc) is 3.04. The SMILES string of the molecule is O=C1CC(N2CCC(CCCc3ccccc3)CC2)C(=O)N1c1ccc(F)cc1. The highest BCUT2D eigenvalue weighted by atomic mass is 19.1. The second-order valence-corrected chi connectivity index (χ2v) is 8.12. The number of hydrogen-bond acceptors (Lipinski definition) is 3. The minimum absolute atomic E-state index is 0.177. The number of rotatable bonds is 6. The smallest absolute Gasteiger partial charge is 0.251 e. The van der Waals surface area contributed by atoms with E-state index in [1.165, 1.54) is 47.6 Å². The molecule has 2 amide bonds. The molecule has 2 fully saturated rings. The Kier molecular flexibility index (Phi) is 6.05. The van der Waals surface area contributed by atoms with Gasteiger partial charge in [-0.2, -0.15) is 0 Å². The van der Waals surface area contributed by atoms with Crippen LogP contribution in [0.3, 0.4) is 0 Å². The summed E-state index contributed by atoms with van der Waals surface area (Å²) in [5.74, 6) is -0.0603. The Morgan fingerprint density at radius 3 is 2.31 bits per heavy atom. The van der Waals surface area contributed by atoms with Gasteiger partial charge in [0.05, 0.1) is 18.2 Å². The van der Waals surface area contributed by atoms with Gasteiger partial charge in [0.2, 0.25) is 5.91 Å². The number of nitrogens with zero attached hydrogens (tertiary/aromatic N) is 2. The lowest BCUT2D eigenvalue weighted by molar-refractivity contribution is -0.123. The molecule has 2 aromatic carbocycles. The maximum Gasteiger partial charge on any atom is 0.251 e. The van der Waals surface area contributed by atoms with Gasteiger partial charge < -0.3 is 0 Å². The Morgan fingerprint density at radius 2 is 1.62 bits per heavy atom. The van der Waals surface area contributed by atoms with Gasteiger partial charge in [0.1, 0.15) is 5.82 Å². The van der Waals surface area contributed by atoms with Crippen LogP contribution in [0.15, 0.2) is 54.6 Å². The van der Waals surface area contributed by atoms with Crippen molar-refractivity contribution in [2.45, 2.75) is 44.6 Å². The van der Waals surface area contributed by atoms with Crippen molar-refractivity contribution in [2.24, 2.45) is 5.92 Å². The summed E-state index contributed by atoms with van der Waals surface area (Å²) in [6.07, 6.45) is 5.88. The first-order valence-corrected chi connectivity index (χ1v) is 10.5. The highest BCUT2D eigenvalue weighted by molar-refractivity contribution is 6.22. The van der Waals surface area contributed by atoms with Crippen molar-refractivity contribution in [3.05, 3.63) is 66.0 Å². The van der Waals surface area contributed by atoms with Crippen LogP contribution < -0.4 is 4.90 Å². The number of anilines is 1. The van der Waals surface area contributed by atoms with Crippen LogP contribution >= 0.6 is 0 Å². The summed E-state index contributed by atoms with van der Waals surface area (Å²) in [6.45, 7) is 1.72. The van der Waals surface area contributed by atoms with Crippen LogP contribution in [0.5, 0.6) is 0 Å². The lowest BCUT2D eigenvalue weighted by atomic mass is 9.90. The quantitative estimate of drug-likeness (QED) is 0.690. The van der Waals surface area contributed by atoms with Gasteiger partial charge >= 0.3 is 0 Å².